The molecule has 6 heteroatoms. The van der Waals surface area contributed by atoms with E-state index in [1.54, 1.807) is 0 Å². The first-order chi connectivity index (χ1) is 9.20. The van der Waals surface area contributed by atoms with Crippen LogP contribution in [0.4, 0.5) is 0 Å². The number of aromatic amines is 2. The minimum atomic E-state index is 0.511. The maximum absolute atomic E-state index is 5.36. The number of H-pyrrole nitrogens is 2. The van der Waals surface area contributed by atoms with Gasteiger partial charge >= 0.3 is 0 Å². The van der Waals surface area contributed by atoms with Gasteiger partial charge in [0.1, 0.15) is 10.3 Å². The van der Waals surface area contributed by atoms with E-state index in [0.717, 1.165) is 28.8 Å². The van der Waals surface area contributed by atoms with E-state index in [2.05, 4.69) is 22.0 Å². The average molecular weight is 288 g/mol. The summed E-state index contributed by atoms with van der Waals surface area (Å²) >= 11 is 10.5. The molecule has 0 fully saturated rings. The van der Waals surface area contributed by atoms with E-state index in [9.17, 15) is 0 Å². The lowest BCUT2D eigenvalue weighted by Crippen LogP contribution is -1.98. The molecule has 0 atom stereocenters. The van der Waals surface area contributed by atoms with Crippen LogP contribution in [0.2, 0.25) is 0 Å². The van der Waals surface area contributed by atoms with Crippen molar-refractivity contribution in [2.45, 2.75) is 13.3 Å². The molecule has 0 unspecified atom stereocenters. The number of aromatic nitrogens is 4. The standard InChI is InChI=1S/C13H12N4S2/c1-2-9-10-11(14-13(19)15-12(10)18)17(16-9)8-6-4-3-5-7-8/h3-7H,2H2,1H3,(H2,14,15,18,19). The highest BCUT2D eigenvalue weighted by atomic mass is 32.1. The first-order valence-electron chi connectivity index (χ1n) is 6.00. The van der Waals surface area contributed by atoms with Crippen LogP contribution in [0.5, 0.6) is 0 Å². The quantitative estimate of drug-likeness (QED) is 0.707. The SMILES string of the molecule is CCc1nn(-c2ccccc2)c2[nH]c(=S)[nH]c(=S)c12. The summed E-state index contributed by atoms with van der Waals surface area (Å²) in [5, 5.41) is 5.57. The van der Waals surface area contributed by atoms with Gasteiger partial charge < -0.3 is 9.97 Å². The highest BCUT2D eigenvalue weighted by Gasteiger charge is 2.12. The number of benzene rings is 1. The maximum atomic E-state index is 5.36. The van der Waals surface area contributed by atoms with Gasteiger partial charge in [-0.25, -0.2) is 4.68 Å². The second-order valence-corrected chi connectivity index (χ2v) is 5.00. The normalized spacial score (nSPS) is 11.0. The summed E-state index contributed by atoms with van der Waals surface area (Å²) in [7, 11) is 0. The molecule has 96 valence electrons. The number of hydrogen-bond donors (Lipinski definition) is 2. The number of rotatable bonds is 2. The second kappa shape index (κ2) is 4.71. The lowest BCUT2D eigenvalue weighted by atomic mass is 10.2. The minimum absolute atomic E-state index is 0.511. The predicted octanol–water partition coefficient (Wildman–Crippen LogP) is 3.70. The number of hydrogen-bond acceptors (Lipinski definition) is 3. The van der Waals surface area contributed by atoms with Gasteiger partial charge in [-0.1, -0.05) is 37.3 Å². The van der Waals surface area contributed by atoms with Crippen molar-refractivity contribution >= 4 is 35.5 Å². The van der Waals surface area contributed by atoms with Crippen LogP contribution < -0.4 is 0 Å². The minimum Gasteiger partial charge on any atom is -0.323 e. The highest BCUT2D eigenvalue weighted by Crippen LogP contribution is 2.21. The van der Waals surface area contributed by atoms with Crippen molar-refractivity contribution in [3.05, 3.63) is 45.4 Å². The predicted molar refractivity (Wildman–Crippen MR) is 80.8 cm³/mol. The molecule has 3 aromatic rings. The molecule has 0 amide bonds. The third kappa shape index (κ3) is 2.02. The molecule has 4 nitrogen and oxygen atoms in total. The van der Waals surface area contributed by atoms with Crippen molar-refractivity contribution in [3.63, 3.8) is 0 Å². The lowest BCUT2D eigenvalue weighted by molar-refractivity contribution is 0.853. The van der Waals surface area contributed by atoms with Gasteiger partial charge in [0.25, 0.3) is 0 Å². The van der Waals surface area contributed by atoms with Crippen LogP contribution in [-0.2, 0) is 6.42 Å². The van der Waals surface area contributed by atoms with Crippen molar-refractivity contribution in [1.29, 1.82) is 0 Å². The van der Waals surface area contributed by atoms with Gasteiger partial charge in [0, 0.05) is 0 Å². The van der Waals surface area contributed by atoms with Gasteiger partial charge in [-0.05, 0) is 30.8 Å². The van der Waals surface area contributed by atoms with Gasteiger partial charge in [0.15, 0.2) is 4.77 Å². The first kappa shape index (κ1) is 12.3. The molecule has 2 heterocycles. The fourth-order valence-electron chi connectivity index (χ4n) is 2.13. The Morgan fingerprint density at radius 3 is 2.58 bits per heavy atom. The van der Waals surface area contributed by atoms with E-state index < -0.39 is 0 Å². The summed E-state index contributed by atoms with van der Waals surface area (Å²) in [5.41, 5.74) is 2.79. The smallest absolute Gasteiger partial charge is 0.177 e. The molecule has 0 saturated carbocycles. The zero-order valence-corrected chi connectivity index (χ0v) is 11.9. The Balaban J connectivity index is 2.44. The molecule has 3 rings (SSSR count). The lowest BCUT2D eigenvalue weighted by Gasteiger charge is -2.02. The summed E-state index contributed by atoms with van der Waals surface area (Å²) in [4.78, 5) is 6.12. The van der Waals surface area contributed by atoms with Gasteiger partial charge in [-0.15, -0.1) is 0 Å². The Hall–Kier alpha value is -1.79. The fourth-order valence-corrected chi connectivity index (χ4v) is 2.71. The van der Waals surface area contributed by atoms with Gasteiger partial charge in [-0.2, -0.15) is 5.10 Å². The molecular weight excluding hydrogens is 276 g/mol. The van der Waals surface area contributed by atoms with Crippen LogP contribution in [0.15, 0.2) is 30.3 Å². The van der Waals surface area contributed by atoms with Gasteiger partial charge in [0.2, 0.25) is 0 Å². The molecule has 0 aliphatic heterocycles. The molecule has 0 radical (unpaired) electrons. The van der Waals surface area contributed by atoms with Crippen LogP contribution >= 0.6 is 24.4 Å². The van der Waals surface area contributed by atoms with Crippen LogP contribution in [0, 0.1) is 9.41 Å². The first-order valence-corrected chi connectivity index (χ1v) is 6.82. The van der Waals surface area contributed by atoms with Crippen molar-refractivity contribution in [2.75, 3.05) is 0 Å². The molecule has 0 spiro atoms. The van der Waals surface area contributed by atoms with E-state index in [1.165, 1.54) is 0 Å². The van der Waals surface area contributed by atoms with Crippen LogP contribution in [0.1, 0.15) is 12.6 Å². The molecule has 19 heavy (non-hydrogen) atoms. The van der Waals surface area contributed by atoms with Crippen molar-refractivity contribution in [3.8, 4) is 5.69 Å². The van der Waals surface area contributed by atoms with E-state index >= 15 is 0 Å². The Morgan fingerprint density at radius 2 is 1.89 bits per heavy atom. The largest absolute Gasteiger partial charge is 0.323 e. The zero-order valence-electron chi connectivity index (χ0n) is 10.3. The monoisotopic (exact) mass is 288 g/mol. The van der Waals surface area contributed by atoms with Crippen molar-refractivity contribution < 1.29 is 0 Å². The number of fused-ring (bicyclic) bond motifs is 1. The van der Waals surface area contributed by atoms with Gasteiger partial charge in [0.05, 0.1) is 16.8 Å². The van der Waals surface area contributed by atoms with Crippen LogP contribution in [0.25, 0.3) is 16.7 Å². The van der Waals surface area contributed by atoms with Crippen LogP contribution in [0.3, 0.4) is 0 Å². The van der Waals surface area contributed by atoms with Crippen molar-refractivity contribution in [2.24, 2.45) is 0 Å². The Morgan fingerprint density at radius 1 is 1.16 bits per heavy atom. The Kier molecular flexibility index (Phi) is 3.04. The molecule has 0 bridgehead atoms. The molecule has 0 aliphatic carbocycles. The molecule has 0 aliphatic rings. The number of nitrogens with zero attached hydrogens (tertiary/aromatic N) is 2. The summed E-state index contributed by atoms with van der Waals surface area (Å²) < 4.78 is 3.00. The summed E-state index contributed by atoms with van der Waals surface area (Å²) in [6.45, 7) is 2.06. The topological polar surface area (TPSA) is 49.4 Å². The summed E-state index contributed by atoms with van der Waals surface area (Å²) in [5.74, 6) is 0. The average Bonchev–Trinajstić information content (AvgIpc) is 2.78. The van der Waals surface area contributed by atoms with E-state index in [-0.39, 0.29) is 0 Å². The third-order valence-electron chi connectivity index (χ3n) is 2.98. The highest BCUT2D eigenvalue weighted by molar-refractivity contribution is 7.72. The number of aryl methyl sites for hydroxylation is 1. The molecule has 2 aromatic heterocycles. The summed E-state index contributed by atoms with van der Waals surface area (Å²) in [6, 6.07) is 9.94. The fraction of sp³-hybridized carbons (Fsp3) is 0.154. The second-order valence-electron chi connectivity index (χ2n) is 4.18. The Bertz CT molecular complexity index is 842. The number of para-hydroxylation sites is 1. The van der Waals surface area contributed by atoms with Crippen LogP contribution in [-0.4, -0.2) is 19.7 Å². The molecule has 0 saturated heterocycles. The van der Waals surface area contributed by atoms with E-state index in [1.807, 2.05) is 35.0 Å². The third-order valence-corrected chi connectivity index (χ3v) is 3.49. The summed E-state index contributed by atoms with van der Waals surface area (Å²) in [6.07, 6.45) is 0.818. The molecule has 1 aromatic carbocycles. The van der Waals surface area contributed by atoms with E-state index in [4.69, 9.17) is 24.4 Å². The maximum Gasteiger partial charge on any atom is 0.177 e. The number of nitrogens with one attached hydrogen (secondary N) is 2. The molecular formula is C13H12N4S2. The van der Waals surface area contributed by atoms with Gasteiger partial charge in [-0.3, -0.25) is 0 Å². The Labute approximate surface area is 120 Å². The van der Waals surface area contributed by atoms with Crippen molar-refractivity contribution in [1.82, 2.24) is 19.7 Å². The molecule has 2 N–H and O–H groups in total. The zero-order chi connectivity index (χ0) is 13.4. The van der Waals surface area contributed by atoms with E-state index in [0.29, 0.717) is 9.41 Å².